The van der Waals surface area contributed by atoms with Crippen molar-refractivity contribution in [3.8, 4) is 0 Å². The van der Waals surface area contributed by atoms with Crippen LogP contribution in [0, 0.1) is 5.92 Å². The maximum absolute atomic E-state index is 5.06. The quantitative estimate of drug-likeness (QED) is 0.780. The summed E-state index contributed by atoms with van der Waals surface area (Å²) in [6.45, 7) is 13.7. The molecule has 1 N–H and O–H groups in total. The van der Waals surface area contributed by atoms with Gasteiger partial charge in [0.05, 0.1) is 17.3 Å². The van der Waals surface area contributed by atoms with Gasteiger partial charge < -0.3 is 10.1 Å². The SMILES string of the molecule is COCCNCc1sc(CC(C)C)nc1C(C)(C)C. The van der Waals surface area contributed by atoms with Crippen molar-refractivity contribution in [2.45, 2.75) is 53.0 Å². The van der Waals surface area contributed by atoms with Crippen LogP contribution < -0.4 is 5.32 Å². The number of hydrogen-bond acceptors (Lipinski definition) is 4. The standard InChI is InChI=1S/C15H28N2OS/c1-11(2)9-13-17-14(15(3,4)5)12(19-13)10-16-7-8-18-6/h11,16H,7-10H2,1-6H3. The normalized spacial score (nSPS) is 12.4. The molecule has 1 aromatic rings. The number of aromatic nitrogens is 1. The van der Waals surface area contributed by atoms with Gasteiger partial charge in [-0.2, -0.15) is 0 Å². The average Bonchev–Trinajstić information content (AvgIpc) is 2.66. The summed E-state index contributed by atoms with van der Waals surface area (Å²) in [4.78, 5) is 6.24. The van der Waals surface area contributed by atoms with Crippen LogP contribution in [0.1, 0.15) is 50.2 Å². The molecule has 0 aromatic carbocycles. The van der Waals surface area contributed by atoms with Crippen LogP contribution in [-0.2, 0) is 23.1 Å². The number of methoxy groups -OCH3 is 1. The van der Waals surface area contributed by atoms with Gasteiger partial charge in [-0.3, -0.25) is 0 Å². The van der Waals surface area contributed by atoms with E-state index in [1.54, 1.807) is 7.11 Å². The number of hydrogen-bond donors (Lipinski definition) is 1. The Bertz CT molecular complexity index is 380. The van der Waals surface area contributed by atoms with Crippen molar-refractivity contribution in [2.24, 2.45) is 5.92 Å². The molecule has 0 saturated heterocycles. The van der Waals surface area contributed by atoms with Crippen LogP contribution >= 0.6 is 11.3 Å². The van der Waals surface area contributed by atoms with Gasteiger partial charge >= 0.3 is 0 Å². The number of ether oxygens (including phenoxy) is 1. The smallest absolute Gasteiger partial charge is 0.0934 e. The Kier molecular flexibility index (Phi) is 6.43. The van der Waals surface area contributed by atoms with E-state index in [-0.39, 0.29) is 5.41 Å². The van der Waals surface area contributed by atoms with Crippen molar-refractivity contribution in [1.29, 1.82) is 0 Å². The highest BCUT2D eigenvalue weighted by Gasteiger charge is 2.23. The molecule has 0 saturated carbocycles. The number of nitrogens with one attached hydrogen (secondary N) is 1. The fraction of sp³-hybridized carbons (Fsp3) is 0.800. The lowest BCUT2D eigenvalue weighted by atomic mass is 9.91. The minimum Gasteiger partial charge on any atom is -0.383 e. The fourth-order valence-corrected chi connectivity index (χ4v) is 3.38. The first-order chi connectivity index (χ1) is 8.84. The molecule has 0 bridgehead atoms. The molecule has 19 heavy (non-hydrogen) atoms. The molecular weight excluding hydrogens is 256 g/mol. The van der Waals surface area contributed by atoms with Crippen LogP contribution in [0.5, 0.6) is 0 Å². The minimum absolute atomic E-state index is 0.115. The zero-order valence-corrected chi connectivity index (χ0v) is 14.0. The van der Waals surface area contributed by atoms with Gasteiger partial charge in [-0.05, 0) is 5.92 Å². The minimum atomic E-state index is 0.115. The molecule has 0 unspecified atom stereocenters. The third-order valence-electron chi connectivity index (χ3n) is 2.80. The molecule has 4 heteroatoms. The van der Waals surface area contributed by atoms with E-state index in [1.165, 1.54) is 15.6 Å². The maximum atomic E-state index is 5.06. The van der Waals surface area contributed by atoms with Crippen LogP contribution in [0.2, 0.25) is 0 Å². The molecule has 1 rings (SSSR count). The maximum Gasteiger partial charge on any atom is 0.0934 e. The molecule has 0 radical (unpaired) electrons. The van der Waals surface area contributed by atoms with E-state index in [0.717, 1.165) is 26.1 Å². The van der Waals surface area contributed by atoms with Crippen LogP contribution in [0.15, 0.2) is 0 Å². The Morgan fingerprint density at radius 3 is 2.53 bits per heavy atom. The van der Waals surface area contributed by atoms with Crippen molar-refractivity contribution in [2.75, 3.05) is 20.3 Å². The van der Waals surface area contributed by atoms with Crippen molar-refractivity contribution >= 4 is 11.3 Å². The molecule has 0 spiro atoms. The highest BCUT2D eigenvalue weighted by Crippen LogP contribution is 2.30. The summed E-state index contributed by atoms with van der Waals surface area (Å²) in [5, 5.41) is 4.69. The molecule has 110 valence electrons. The molecule has 0 aliphatic rings. The Balaban J connectivity index is 2.78. The molecular formula is C15H28N2OS. The lowest BCUT2D eigenvalue weighted by molar-refractivity contribution is 0.199. The van der Waals surface area contributed by atoms with Crippen molar-refractivity contribution in [1.82, 2.24) is 10.3 Å². The van der Waals surface area contributed by atoms with Gasteiger partial charge in [0.25, 0.3) is 0 Å². The van der Waals surface area contributed by atoms with Crippen LogP contribution in [-0.4, -0.2) is 25.2 Å². The van der Waals surface area contributed by atoms with E-state index < -0.39 is 0 Å². The monoisotopic (exact) mass is 284 g/mol. The summed E-state index contributed by atoms with van der Waals surface area (Å²) in [7, 11) is 1.73. The van der Waals surface area contributed by atoms with E-state index in [2.05, 4.69) is 39.9 Å². The number of rotatable bonds is 7. The molecule has 3 nitrogen and oxygen atoms in total. The van der Waals surface area contributed by atoms with Gasteiger partial charge in [0, 0.05) is 36.9 Å². The van der Waals surface area contributed by atoms with Crippen molar-refractivity contribution < 1.29 is 4.74 Å². The van der Waals surface area contributed by atoms with Gasteiger partial charge in [0.1, 0.15) is 0 Å². The summed E-state index contributed by atoms with van der Waals surface area (Å²) < 4.78 is 5.06. The number of thiazole rings is 1. The molecule has 1 heterocycles. The Hall–Kier alpha value is -0.450. The fourth-order valence-electron chi connectivity index (χ4n) is 1.92. The first-order valence-corrected chi connectivity index (χ1v) is 7.85. The molecule has 0 amide bonds. The first kappa shape index (κ1) is 16.6. The first-order valence-electron chi connectivity index (χ1n) is 7.03. The highest BCUT2D eigenvalue weighted by atomic mass is 32.1. The van der Waals surface area contributed by atoms with Crippen molar-refractivity contribution in [3.63, 3.8) is 0 Å². The zero-order chi connectivity index (χ0) is 14.5. The molecule has 0 fully saturated rings. The highest BCUT2D eigenvalue weighted by molar-refractivity contribution is 7.11. The molecule has 0 aliphatic carbocycles. The Morgan fingerprint density at radius 1 is 1.32 bits per heavy atom. The summed E-state index contributed by atoms with van der Waals surface area (Å²) in [6, 6.07) is 0. The summed E-state index contributed by atoms with van der Waals surface area (Å²) >= 11 is 1.86. The topological polar surface area (TPSA) is 34.1 Å². The van der Waals surface area contributed by atoms with Gasteiger partial charge in [-0.1, -0.05) is 34.6 Å². The predicted molar refractivity (Wildman–Crippen MR) is 82.9 cm³/mol. The van der Waals surface area contributed by atoms with E-state index in [0.29, 0.717) is 5.92 Å². The largest absolute Gasteiger partial charge is 0.383 e. The van der Waals surface area contributed by atoms with Gasteiger partial charge in [0.15, 0.2) is 0 Å². The summed E-state index contributed by atoms with van der Waals surface area (Å²) in [5.74, 6) is 0.660. The average molecular weight is 284 g/mol. The van der Waals surface area contributed by atoms with Gasteiger partial charge in [-0.25, -0.2) is 4.98 Å². The van der Waals surface area contributed by atoms with Crippen molar-refractivity contribution in [3.05, 3.63) is 15.6 Å². The second kappa shape index (κ2) is 7.36. The second-order valence-electron chi connectivity index (χ2n) is 6.40. The third-order valence-corrected chi connectivity index (χ3v) is 3.88. The molecule has 0 atom stereocenters. The van der Waals surface area contributed by atoms with E-state index in [9.17, 15) is 0 Å². The third kappa shape index (κ3) is 5.59. The van der Waals surface area contributed by atoms with Gasteiger partial charge in [0.2, 0.25) is 0 Å². The van der Waals surface area contributed by atoms with Crippen LogP contribution in [0.4, 0.5) is 0 Å². The van der Waals surface area contributed by atoms with Crippen LogP contribution in [0.25, 0.3) is 0 Å². The Labute approximate surface area is 121 Å². The van der Waals surface area contributed by atoms with Gasteiger partial charge in [-0.15, -0.1) is 11.3 Å². The molecule has 0 aliphatic heterocycles. The Morgan fingerprint density at radius 2 is 2.00 bits per heavy atom. The van der Waals surface area contributed by atoms with Crippen LogP contribution in [0.3, 0.4) is 0 Å². The van der Waals surface area contributed by atoms with E-state index >= 15 is 0 Å². The summed E-state index contributed by atoms with van der Waals surface area (Å²) in [5.41, 5.74) is 1.36. The lowest BCUT2D eigenvalue weighted by Gasteiger charge is -2.17. The van der Waals surface area contributed by atoms with E-state index in [1.807, 2.05) is 11.3 Å². The van der Waals surface area contributed by atoms with E-state index in [4.69, 9.17) is 9.72 Å². The number of nitrogens with zero attached hydrogens (tertiary/aromatic N) is 1. The second-order valence-corrected chi connectivity index (χ2v) is 7.57. The predicted octanol–water partition coefficient (Wildman–Crippen LogP) is 3.38. The summed E-state index contributed by atoms with van der Waals surface area (Å²) in [6.07, 6.45) is 1.08. The molecule has 1 aromatic heterocycles. The lowest BCUT2D eigenvalue weighted by Crippen LogP contribution is -2.21. The zero-order valence-electron chi connectivity index (χ0n) is 13.2.